The van der Waals surface area contributed by atoms with Crippen molar-refractivity contribution in [1.82, 2.24) is 19.9 Å². The van der Waals surface area contributed by atoms with Gasteiger partial charge in [-0.1, -0.05) is 30.3 Å². The second kappa shape index (κ2) is 4.42. The highest BCUT2D eigenvalue weighted by Gasteiger charge is 2.12. The molecule has 6 heteroatoms. The van der Waals surface area contributed by atoms with Gasteiger partial charge in [-0.15, -0.1) is 0 Å². The maximum absolute atomic E-state index is 5.97. The Morgan fingerprint density at radius 1 is 1.11 bits per heavy atom. The first-order chi connectivity index (χ1) is 8.84. The number of benzene rings is 1. The van der Waals surface area contributed by atoms with Crippen molar-refractivity contribution in [2.75, 3.05) is 0 Å². The standard InChI is InChI=1S/C12H11N5O/c13-10(8-4-2-1-3-5-8)18-12-9-11(15-6-14-9)16-7-17-12/h1-7,10H,13H2,(H,14,15,16,17). The van der Waals surface area contributed by atoms with Crippen LogP contribution in [0.4, 0.5) is 0 Å². The molecular formula is C12H11N5O. The van der Waals surface area contributed by atoms with E-state index in [4.69, 9.17) is 10.5 Å². The number of fused-ring (bicyclic) bond motifs is 1. The van der Waals surface area contributed by atoms with Crippen LogP contribution in [0.5, 0.6) is 5.88 Å². The van der Waals surface area contributed by atoms with E-state index in [1.165, 1.54) is 6.33 Å². The first kappa shape index (κ1) is 10.7. The molecule has 0 aliphatic carbocycles. The first-order valence-corrected chi connectivity index (χ1v) is 5.46. The van der Waals surface area contributed by atoms with E-state index in [-0.39, 0.29) is 0 Å². The molecule has 2 aromatic heterocycles. The third kappa shape index (κ3) is 1.89. The summed E-state index contributed by atoms with van der Waals surface area (Å²) in [6, 6.07) is 9.54. The molecule has 0 radical (unpaired) electrons. The molecule has 0 aliphatic rings. The predicted octanol–water partition coefficient (Wildman–Crippen LogP) is 1.39. The summed E-state index contributed by atoms with van der Waals surface area (Å²) in [5.41, 5.74) is 8.05. The van der Waals surface area contributed by atoms with E-state index in [9.17, 15) is 0 Å². The molecule has 0 saturated heterocycles. The molecule has 18 heavy (non-hydrogen) atoms. The number of nitrogens with two attached hydrogens (primary N) is 1. The molecule has 6 nitrogen and oxygen atoms in total. The molecule has 1 atom stereocenters. The molecule has 0 spiro atoms. The highest BCUT2D eigenvalue weighted by atomic mass is 16.5. The van der Waals surface area contributed by atoms with E-state index < -0.39 is 6.23 Å². The third-order valence-electron chi connectivity index (χ3n) is 2.55. The van der Waals surface area contributed by atoms with Crippen molar-refractivity contribution in [2.24, 2.45) is 5.73 Å². The number of ether oxygens (including phenoxy) is 1. The summed E-state index contributed by atoms with van der Waals surface area (Å²) < 4.78 is 5.63. The Kier molecular flexibility index (Phi) is 2.62. The van der Waals surface area contributed by atoms with Crippen LogP contribution in [0.25, 0.3) is 11.2 Å². The van der Waals surface area contributed by atoms with E-state index in [0.717, 1.165) is 5.56 Å². The van der Waals surface area contributed by atoms with Crippen LogP contribution in [0.1, 0.15) is 11.8 Å². The zero-order chi connectivity index (χ0) is 12.4. The van der Waals surface area contributed by atoms with Crippen molar-refractivity contribution in [1.29, 1.82) is 0 Å². The number of imidazole rings is 1. The first-order valence-electron chi connectivity index (χ1n) is 5.46. The number of rotatable bonds is 3. The van der Waals surface area contributed by atoms with Crippen LogP contribution in [0, 0.1) is 0 Å². The number of hydrogen-bond donors (Lipinski definition) is 2. The van der Waals surface area contributed by atoms with E-state index in [1.807, 2.05) is 30.3 Å². The average molecular weight is 241 g/mol. The van der Waals surface area contributed by atoms with Gasteiger partial charge < -0.3 is 9.72 Å². The van der Waals surface area contributed by atoms with Crippen molar-refractivity contribution in [3.05, 3.63) is 48.5 Å². The summed E-state index contributed by atoms with van der Waals surface area (Å²) in [5, 5.41) is 0. The van der Waals surface area contributed by atoms with Crippen molar-refractivity contribution in [2.45, 2.75) is 6.23 Å². The van der Waals surface area contributed by atoms with Gasteiger partial charge in [0.2, 0.25) is 5.88 Å². The molecule has 0 saturated carbocycles. The predicted molar refractivity (Wildman–Crippen MR) is 65.7 cm³/mol. The number of aromatic amines is 1. The van der Waals surface area contributed by atoms with Gasteiger partial charge in [-0.05, 0) is 0 Å². The fraction of sp³-hybridized carbons (Fsp3) is 0.0833. The lowest BCUT2D eigenvalue weighted by Gasteiger charge is -2.13. The van der Waals surface area contributed by atoms with Gasteiger partial charge in [0.1, 0.15) is 11.8 Å². The zero-order valence-electron chi connectivity index (χ0n) is 9.45. The molecule has 0 amide bonds. The van der Waals surface area contributed by atoms with Crippen LogP contribution in [0.3, 0.4) is 0 Å². The summed E-state index contributed by atoms with van der Waals surface area (Å²) in [5.74, 6) is 0.397. The maximum Gasteiger partial charge on any atom is 0.245 e. The largest absolute Gasteiger partial charge is 0.453 e. The fourth-order valence-electron chi connectivity index (χ4n) is 1.66. The van der Waals surface area contributed by atoms with Crippen LogP contribution in [-0.2, 0) is 0 Å². The van der Waals surface area contributed by atoms with Crippen LogP contribution in [0.15, 0.2) is 43.0 Å². The maximum atomic E-state index is 5.97. The van der Waals surface area contributed by atoms with Gasteiger partial charge in [0.05, 0.1) is 6.33 Å². The zero-order valence-corrected chi connectivity index (χ0v) is 9.45. The van der Waals surface area contributed by atoms with Crippen molar-refractivity contribution >= 4 is 11.2 Å². The molecule has 2 heterocycles. The average Bonchev–Trinajstić information content (AvgIpc) is 2.89. The minimum atomic E-state index is -0.576. The number of hydrogen-bond acceptors (Lipinski definition) is 5. The number of aromatic nitrogens is 4. The van der Waals surface area contributed by atoms with Crippen molar-refractivity contribution < 1.29 is 4.74 Å². The van der Waals surface area contributed by atoms with Gasteiger partial charge in [0.25, 0.3) is 0 Å². The van der Waals surface area contributed by atoms with Crippen LogP contribution in [0.2, 0.25) is 0 Å². The van der Waals surface area contributed by atoms with Crippen molar-refractivity contribution in [3.63, 3.8) is 0 Å². The molecular weight excluding hydrogens is 230 g/mol. The lowest BCUT2D eigenvalue weighted by molar-refractivity contribution is 0.207. The smallest absolute Gasteiger partial charge is 0.245 e. The van der Waals surface area contributed by atoms with Gasteiger partial charge in [-0.3, -0.25) is 5.73 Å². The van der Waals surface area contributed by atoms with Crippen LogP contribution in [-0.4, -0.2) is 19.9 Å². The topological polar surface area (TPSA) is 89.7 Å². The molecule has 1 unspecified atom stereocenters. The summed E-state index contributed by atoms with van der Waals surface area (Å²) in [7, 11) is 0. The van der Waals surface area contributed by atoms with Gasteiger partial charge in [-0.25, -0.2) is 9.97 Å². The van der Waals surface area contributed by atoms with E-state index in [0.29, 0.717) is 17.0 Å². The number of H-pyrrole nitrogens is 1. The number of nitrogens with zero attached hydrogens (tertiary/aromatic N) is 3. The molecule has 1 aromatic carbocycles. The second-order valence-corrected chi connectivity index (χ2v) is 3.73. The normalized spacial score (nSPS) is 12.5. The monoisotopic (exact) mass is 241 g/mol. The van der Waals surface area contributed by atoms with Gasteiger partial charge in [0, 0.05) is 5.56 Å². The molecule has 3 aromatic rings. The molecule has 0 aliphatic heterocycles. The SMILES string of the molecule is NC(Oc1ncnc2nc[nH]c12)c1ccccc1. The Labute approximate surface area is 103 Å². The summed E-state index contributed by atoms with van der Waals surface area (Å²) in [4.78, 5) is 15.0. The molecule has 3 N–H and O–H groups in total. The van der Waals surface area contributed by atoms with Crippen LogP contribution >= 0.6 is 0 Å². The Bertz CT molecular complexity index is 652. The molecule has 0 fully saturated rings. The third-order valence-corrected chi connectivity index (χ3v) is 2.55. The van der Waals surface area contributed by atoms with Gasteiger partial charge in [-0.2, -0.15) is 4.98 Å². The lowest BCUT2D eigenvalue weighted by atomic mass is 10.2. The quantitative estimate of drug-likeness (QED) is 0.676. The second-order valence-electron chi connectivity index (χ2n) is 3.73. The van der Waals surface area contributed by atoms with Gasteiger partial charge >= 0.3 is 0 Å². The molecule has 90 valence electrons. The van der Waals surface area contributed by atoms with Gasteiger partial charge in [0.15, 0.2) is 11.9 Å². The number of nitrogens with one attached hydrogen (secondary N) is 1. The Morgan fingerprint density at radius 3 is 2.78 bits per heavy atom. The lowest BCUT2D eigenvalue weighted by Crippen LogP contribution is -2.18. The fourth-order valence-corrected chi connectivity index (χ4v) is 1.66. The Balaban J connectivity index is 1.91. The van der Waals surface area contributed by atoms with Crippen LogP contribution < -0.4 is 10.5 Å². The summed E-state index contributed by atoms with van der Waals surface area (Å²) in [6.07, 6.45) is 2.36. The Hall–Kier alpha value is -2.47. The van der Waals surface area contributed by atoms with E-state index >= 15 is 0 Å². The highest BCUT2D eigenvalue weighted by molar-refractivity contribution is 5.74. The minimum absolute atomic E-state index is 0.397. The Morgan fingerprint density at radius 2 is 1.94 bits per heavy atom. The summed E-state index contributed by atoms with van der Waals surface area (Å²) in [6.45, 7) is 0. The van der Waals surface area contributed by atoms with Crippen molar-refractivity contribution in [3.8, 4) is 5.88 Å². The minimum Gasteiger partial charge on any atom is -0.453 e. The molecule has 0 bridgehead atoms. The van der Waals surface area contributed by atoms with E-state index in [2.05, 4.69) is 19.9 Å². The molecule has 3 rings (SSSR count). The highest BCUT2D eigenvalue weighted by Crippen LogP contribution is 2.21. The van der Waals surface area contributed by atoms with E-state index in [1.54, 1.807) is 6.33 Å². The summed E-state index contributed by atoms with van der Waals surface area (Å²) >= 11 is 0.